The summed E-state index contributed by atoms with van der Waals surface area (Å²) < 4.78 is 11.6. The number of hydrogen-bond donors (Lipinski definition) is 1. The van der Waals surface area contributed by atoms with Crippen molar-refractivity contribution in [3.8, 4) is 11.5 Å². The van der Waals surface area contributed by atoms with Crippen molar-refractivity contribution in [1.29, 1.82) is 0 Å². The van der Waals surface area contributed by atoms with E-state index < -0.39 is 0 Å². The third-order valence-electron chi connectivity index (χ3n) is 4.32. The third-order valence-corrected chi connectivity index (χ3v) is 4.32. The monoisotopic (exact) mass is 275 g/mol. The van der Waals surface area contributed by atoms with Crippen molar-refractivity contribution in [2.45, 2.75) is 39.0 Å². The second kappa shape index (κ2) is 6.04. The van der Waals surface area contributed by atoms with Gasteiger partial charge in [0.25, 0.3) is 0 Å². The Balaban J connectivity index is 1.89. The molecule has 0 bridgehead atoms. The molecule has 0 saturated carbocycles. The van der Waals surface area contributed by atoms with E-state index in [1.165, 1.54) is 30.5 Å². The van der Waals surface area contributed by atoms with Gasteiger partial charge in [0, 0.05) is 5.56 Å². The lowest BCUT2D eigenvalue weighted by Crippen LogP contribution is -2.31. The van der Waals surface area contributed by atoms with Crippen LogP contribution in [0.4, 0.5) is 0 Å². The van der Waals surface area contributed by atoms with Crippen LogP contribution in [0.5, 0.6) is 11.5 Å². The van der Waals surface area contributed by atoms with Crippen molar-refractivity contribution in [2.24, 2.45) is 5.92 Å². The molecule has 1 saturated heterocycles. The van der Waals surface area contributed by atoms with Gasteiger partial charge in [-0.15, -0.1) is 0 Å². The number of rotatable bonds is 3. The molecular weight excluding hydrogens is 250 g/mol. The zero-order valence-corrected chi connectivity index (χ0v) is 12.6. The van der Waals surface area contributed by atoms with Crippen LogP contribution in [0, 0.1) is 5.92 Å². The highest BCUT2D eigenvalue weighted by Crippen LogP contribution is 2.40. The maximum absolute atomic E-state index is 5.91. The lowest BCUT2D eigenvalue weighted by Gasteiger charge is -2.28. The Bertz CT molecular complexity index is 464. The standard InChI is InChI=1S/C17H25NO2/c1-12(2)16-14(10-13-4-3-7-18-11-13)5-6-15-17(16)20-9-8-19-15/h5-6,12-13,18H,3-4,7-11H2,1-2H3. The van der Waals surface area contributed by atoms with Crippen LogP contribution in [-0.2, 0) is 6.42 Å². The van der Waals surface area contributed by atoms with Crippen molar-refractivity contribution < 1.29 is 9.47 Å². The van der Waals surface area contributed by atoms with Crippen LogP contribution < -0.4 is 14.8 Å². The Morgan fingerprint density at radius 2 is 2.10 bits per heavy atom. The molecule has 0 spiro atoms. The van der Waals surface area contributed by atoms with Crippen molar-refractivity contribution in [1.82, 2.24) is 5.32 Å². The Morgan fingerprint density at radius 1 is 1.25 bits per heavy atom. The molecule has 0 aliphatic carbocycles. The van der Waals surface area contributed by atoms with Gasteiger partial charge in [-0.3, -0.25) is 0 Å². The Labute approximate surface area is 121 Å². The molecule has 1 aromatic carbocycles. The average molecular weight is 275 g/mol. The number of hydrogen-bond acceptors (Lipinski definition) is 3. The highest BCUT2D eigenvalue weighted by Gasteiger charge is 2.23. The van der Waals surface area contributed by atoms with Crippen molar-refractivity contribution in [3.05, 3.63) is 23.3 Å². The molecule has 2 heterocycles. The lowest BCUT2D eigenvalue weighted by atomic mass is 9.86. The van der Waals surface area contributed by atoms with E-state index in [4.69, 9.17) is 9.47 Å². The smallest absolute Gasteiger partial charge is 0.165 e. The SMILES string of the molecule is CC(C)c1c(CC2CCCNC2)ccc2c1OCCO2. The predicted octanol–water partition coefficient (Wildman–Crippen LogP) is 3.12. The summed E-state index contributed by atoms with van der Waals surface area (Å²) in [7, 11) is 0. The van der Waals surface area contributed by atoms with Gasteiger partial charge in [-0.05, 0) is 55.8 Å². The van der Waals surface area contributed by atoms with Gasteiger partial charge in [0.15, 0.2) is 11.5 Å². The Hall–Kier alpha value is -1.22. The van der Waals surface area contributed by atoms with E-state index in [0.29, 0.717) is 19.1 Å². The summed E-state index contributed by atoms with van der Waals surface area (Å²) in [5.41, 5.74) is 2.80. The number of benzene rings is 1. The number of nitrogens with one attached hydrogen (secondary N) is 1. The number of piperidine rings is 1. The van der Waals surface area contributed by atoms with E-state index >= 15 is 0 Å². The molecule has 0 aromatic heterocycles. The highest BCUT2D eigenvalue weighted by atomic mass is 16.6. The summed E-state index contributed by atoms with van der Waals surface area (Å²) in [5.74, 6) is 3.14. The van der Waals surface area contributed by atoms with E-state index in [0.717, 1.165) is 30.4 Å². The van der Waals surface area contributed by atoms with Crippen LogP contribution in [0.2, 0.25) is 0 Å². The van der Waals surface area contributed by atoms with Crippen molar-refractivity contribution in [3.63, 3.8) is 0 Å². The van der Waals surface area contributed by atoms with Gasteiger partial charge in [0.1, 0.15) is 13.2 Å². The average Bonchev–Trinajstić information content (AvgIpc) is 2.47. The minimum Gasteiger partial charge on any atom is -0.486 e. The van der Waals surface area contributed by atoms with Crippen LogP contribution in [-0.4, -0.2) is 26.3 Å². The number of ether oxygens (including phenoxy) is 2. The van der Waals surface area contributed by atoms with Crippen LogP contribution in [0.3, 0.4) is 0 Å². The molecule has 1 unspecified atom stereocenters. The molecule has 3 nitrogen and oxygen atoms in total. The topological polar surface area (TPSA) is 30.5 Å². The summed E-state index contributed by atoms with van der Waals surface area (Å²) in [6, 6.07) is 4.34. The maximum atomic E-state index is 5.91. The van der Waals surface area contributed by atoms with E-state index in [9.17, 15) is 0 Å². The van der Waals surface area contributed by atoms with Gasteiger partial charge in [0.05, 0.1) is 0 Å². The molecule has 1 fully saturated rings. The fourth-order valence-corrected chi connectivity index (χ4v) is 3.40. The van der Waals surface area contributed by atoms with Gasteiger partial charge in [-0.2, -0.15) is 0 Å². The molecule has 3 heteroatoms. The third kappa shape index (κ3) is 2.78. The van der Waals surface area contributed by atoms with Crippen LogP contribution >= 0.6 is 0 Å². The van der Waals surface area contributed by atoms with Gasteiger partial charge in [-0.1, -0.05) is 19.9 Å². The fraction of sp³-hybridized carbons (Fsp3) is 0.647. The van der Waals surface area contributed by atoms with Crippen molar-refractivity contribution >= 4 is 0 Å². The molecule has 1 aromatic rings. The first-order valence-electron chi connectivity index (χ1n) is 7.88. The summed E-state index contributed by atoms with van der Waals surface area (Å²) >= 11 is 0. The normalized spacial score (nSPS) is 22.1. The van der Waals surface area contributed by atoms with E-state index in [2.05, 4.69) is 31.3 Å². The minimum atomic E-state index is 0.471. The van der Waals surface area contributed by atoms with Gasteiger partial charge in [-0.25, -0.2) is 0 Å². The molecule has 0 radical (unpaired) electrons. The van der Waals surface area contributed by atoms with Crippen LogP contribution in [0.15, 0.2) is 12.1 Å². The largest absolute Gasteiger partial charge is 0.486 e. The molecule has 1 N–H and O–H groups in total. The molecular formula is C17H25NO2. The van der Waals surface area contributed by atoms with Gasteiger partial charge >= 0.3 is 0 Å². The zero-order chi connectivity index (χ0) is 13.9. The zero-order valence-electron chi connectivity index (χ0n) is 12.6. The minimum absolute atomic E-state index is 0.471. The summed E-state index contributed by atoms with van der Waals surface area (Å²) in [6.45, 7) is 8.14. The van der Waals surface area contributed by atoms with E-state index in [1.807, 2.05) is 0 Å². The highest BCUT2D eigenvalue weighted by molar-refractivity contribution is 5.53. The first kappa shape index (κ1) is 13.7. The second-order valence-electron chi connectivity index (χ2n) is 6.23. The summed E-state index contributed by atoms with van der Waals surface area (Å²) in [4.78, 5) is 0. The van der Waals surface area contributed by atoms with Gasteiger partial charge < -0.3 is 14.8 Å². The molecule has 3 rings (SSSR count). The number of fused-ring (bicyclic) bond motifs is 1. The maximum Gasteiger partial charge on any atom is 0.165 e. The molecule has 20 heavy (non-hydrogen) atoms. The van der Waals surface area contributed by atoms with Crippen LogP contribution in [0.25, 0.3) is 0 Å². The van der Waals surface area contributed by atoms with E-state index in [1.54, 1.807) is 0 Å². The van der Waals surface area contributed by atoms with E-state index in [-0.39, 0.29) is 0 Å². The first-order chi connectivity index (χ1) is 9.75. The van der Waals surface area contributed by atoms with Crippen molar-refractivity contribution in [2.75, 3.05) is 26.3 Å². The van der Waals surface area contributed by atoms with Gasteiger partial charge in [0.2, 0.25) is 0 Å². The molecule has 2 aliphatic rings. The quantitative estimate of drug-likeness (QED) is 0.919. The predicted molar refractivity (Wildman–Crippen MR) is 80.8 cm³/mol. The second-order valence-corrected chi connectivity index (χ2v) is 6.23. The first-order valence-corrected chi connectivity index (χ1v) is 7.88. The molecule has 1 atom stereocenters. The summed E-state index contributed by atoms with van der Waals surface area (Å²) in [5, 5.41) is 3.51. The fourth-order valence-electron chi connectivity index (χ4n) is 3.40. The summed E-state index contributed by atoms with van der Waals surface area (Å²) in [6.07, 6.45) is 3.78. The lowest BCUT2D eigenvalue weighted by molar-refractivity contribution is 0.169. The molecule has 110 valence electrons. The molecule has 0 amide bonds. The Kier molecular flexibility index (Phi) is 4.16. The Morgan fingerprint density at radius 3 is 2.85 bits per heavy atom. The molecule has 2 aliphatic heterocycles. The van der Waals surface area contributed by atoms with Crippen LogP contribution in [0.1, 0.15) is 43.7 Å².